The molecule has 0 bridgehead atoms. The van der Waals surface area contributed by atoms with Gasteiger partial charge in [0.1, 0.15) is 11.6 Å². The number of thioether (sulfide) groups is 1. The van der Waals surface area contributed by atoms with Crippen molar-refractivity contribution in [3.63, 3.8) is 0 Å². The quantitative estimate of drug-likeness (QED) is 0.448. The number of anilines is 2. The van der Waals surface area contributed by atoms with Gasteiger partial charge < -0.3 is 15.8 Å². The second-order valence-electron chi connectivity index (χ2n) is 3.75. The number of nitrogen functional groups attached to an aromatic ring is 1. The van der Waals surface area contributed by atoms with Gasteiger partial charge in [0.05, 0.1) is 27.6 Å². The SMILES string of the molecule is COc1ccccc1Nc1cc(C(=N)N)sc1SC. The van der Waals surface area contributed by atoms with Gasteiger partial charge in [0.25, 0.3) is 0 Å². The van der Waals surface area contributed by atoms with Gasteiger partial charge in [-0.05, 0) is 24.5 Å². The van der Waals surface area contributed by atoms with Gasteiger partial charge in [0.15, 0.2) is 0 Å². The summed E-state index contributed by atoms with van der Waals surface area (Å²) in [5, 5.41) is 10.8. The van der Waals surface area contributed by atoms with Crippen LogP contribution in [0.2, 0.25) is 0 Å². The Bertz CT molecular complexity index is 595. The van der Waals surface area contributed by atoms with Crippen molar-refractivity contribution in [2.24, 2.45) is 5.73 Å². The maximum absolute atomic E-state index is 7.51. The molecule has 0 unspecified atom stereocenters. The van der Waals surface area contributed by atoms with Crippen LogP contribution in [0.1, 0.15) is 4.88 Å². The highest BCUT2D eigenvalue weighted by atomic mass is 32.2. The summed E-state index contributed by atoms with van der Waals surface area (Å²) in [6, 6.07) is 9.62. The molecule has 0 radical (unpaired) electrons. The second-order valence-corrected chi connectivity index (χ2v) is 5.88. The monoisotopic (exact) mass is 293 g/mol. The van der Waals surface area contributed by atoms with Crippen molar-refractivity contribution in [2.45, 2.75) is 4.21 Å². The molecule has 1 aromatic heterocycles. The number of hydrogen-bond acceptors (Lipinski definition) is 5. The smallest absolute Gasteiger partial charge is 0.142 e. The number of para-hydroxylation sites is 2. The van der Waals surface area contributed by atoms with E-state index in [-0.39, 0.29) is 5.84 Å². The third-order valence-electron chi connectivity index (χ3n) is 2.53. The van der Waals surface area contributed by atoms with Crippen molar-refractivity contribution in [1.29, 1.82) is 5.41 Å². The Kier molecular flexibility index (Phi) is 4.34. The Balaban J connectivity index is 2.34. The van der Waals surface area contributed by atoms with Crippen LogP contribution in [-0.4, -0.2) is 19.2 Å². The summed E-state index contributed by atoms with van der Waals surface area (Å²) in [4.78, 5) is 0.766. The fraction of sp³-hybridized carbons (Fsp3) is 0.154. The summed E-state index contributed by atoms with van der Waals surface area (Å²) >= 11 is 3.14. The Labute approximate surface area is 120 Å². The summed E-state index contributed by atoms with van der Waals surface area (Å²) in [5.74, 6) is 0.874. The molecule has 4 N–H and O–H groups in total. The minimum atomic E-state index is 0.0911. The average molecular weight is 293 g/mol. The molecule has 0 atom stereocenters. The molecule has 0 saturated carbocycles. The highest BCUT2D eigenvalue weighted by Gasteiger charge is 2.12. The predicted molar refractivity (Wildman–Crippen MR) is 83.4 cm³/mol. The van der Waals surface area contributed by atoms with Crippen LogP contribution in [0, 0.1) is 5.41 Å². The van der Waals surface area contributed by atoms with E-state index in [9.17, 15) is 0 Å². The predicted octanol–water partition coefficient (Wildman–Crippen LogP) is 3.51. The lowest BCUT2D eigenvalue weighted by molar-refractivity contribution is 0.417. The average Bonchev–Trinajstić information content (AvgIpc) is 2.82. The van der Waals surface area contributed by atoms with Gasteiger partial charge in [0, 0.05) is 0 Å². The minimum absolute atomic E-state index is 0.0911. The molecule has 19 heavy (non-hydrogen) atoms. The minimum Gasteiger partial charge on any atom is -0.495 e. The fourth-order valence-corrected chi connectivity index (χ4v) is 3.28. The largest absolute Gasteiger partial charge is 0.495 e. The molecule has 2 rings (SSSR count). The zero-order chi connectivity index (χ0) is 13.8. The van der Waals surface area contributed by atoms with E-state index >= 15 is 0 Å². The highest BCUT2D eigenvalue weighted by molar-refractivity contribution is 8.00. The van der Waals surface area contributed by atoms with E-state index < -0.39 is 0 Å². The van der Waals surface area contributed by atoms with Gasteiger partial charge in [-0.1, -0.05) is 12.1 Å². The van der Waals surface area contributed by atoms with Crippen LogP contribution in [0.3, 0.4) is 0 Å². The lowest BCUT2D eigenvalue weighted by Crippen LogP contribution is -2.08. The van der Waals surface area contributed by atoms with Crippen molar-refractivity contribution >= 4 is 40.3 Å². The van der Waals surface area contributed by atoms with Gasteiger partial charge in [-0.25, -0.2) is 0 Å². The zero-order valence-corrected chi connectivity index (χ0v) is 12.3. The molecule has 0 aliphatic heterocycles. The van der Waals surface area contributed by atoms with Crippen LogP contribution in [-0.2, 0) is 0 Å². The highest BCUT2D eigenvalue weighted by Crippen LogP contribution is 2.38. The molecule has 0 aliphatic rings. The topological polar surface area (TPSA) is 71.1 Å². The van der Waals surface area contributed by atoms with Crippen LogP contribution in [0.5, 0.6) is 5.75 Å². The van der Waals surface area contributed by atoms with Crippen molar-refractivity contribution in [1.82, 2.24) is 0 Å². The van der Waals surface area contributed by atoms with Crippen LogP contribution in [0.15, 0.2) is 34.5 Å². The Morgan fingerprint density at radius 3 is 2.74 bits per heavy atom. The van der Waals surface area contributed by atoms with E-state index in [4.69, 9.17) is 15.9 Å². The maximum atomic E-state index is 7.51. The zero-order valence-electron chi connectivity index (χ0n) is 10.7. The van der Waals surface area contributed by atoms with E-state index in [0.717, 1.165) is 26.2 Å². The summed E-state index contributed by atoms with van der Waals surface area (Å²) in [5.41, 5.74) is 7.38. The first-order chi connectivity index (χ1) is 9.15. The summed E-state index contributed by atoms with van der Waals surface area (Å²) in [6.07, 6.45) is 2.00. The standard InChI is InChI=1S/C13H15N3OS2/c1-17-10-6-4-3-5-8(10)16-9-7-11(12(14)15)19-13(9)18-2/h3-7,16H,1-2H3,(H3,14,15). The molecule has 0 amide bonds. The molecule has 1 heterocycles. The van der Waals surface area contributed by atoms with Crippen LogP contribution >= 0.6 is 23.1 Å². The molecule has 0 aliphatic carbocycles. The van der Waals surface area contributed by atoms with Crippen molar-refractivity contribution in [3.05, 3.63) is 35.2 Å². The first kappa shape index (κ1) is 13.8. The molecule has 2 aromatic rings. The molecule has 1 aromatic carbocycles. The summed E-state index contributed by atoms with van der Waals surface area (Å²) in [6.45, 7) is 0. The molecule has 0 spiro atoms. The first-order valence-corrected chi connectivity index (χ1v) is 7.62. The molecule has 6 heteroatoms. The third-order valence-corrected chi connectivity index (χ3v) is 4.83. The van der Waals surface area contributed by atoms with Gasteiger partial charge in [-0.3, -0.25) is 5.41 Å². The van der Waals surface area contributed by atoms with E-state index in [0.29, 0.717) is 0 Å². The van der Waals surface area contributed by atoms with Crippen LogP contribution in [0.25, 0.3) is 0 Å². The Hall–Kier alpha value is -1.66. The van der Waals surface area contributed by atoms with Gasteiger partial charge in [-0.2, -0.15) is 0 Å². The molecular formula is C13H15N3OS2. The number of benzene rings is 1. The summed E-state index contributed by atoms with van der Waals surface area (Å²) < 4.78 is 6.41. The number of nitrogens with one attached hydrogen (secondary N) is 2. The van der Waals surface area contributed by atoms with E-state index in [2.05, 4.69) is 5.32 Å². The number of thiophene rings is 1. The fourth-order valence-electron chi connectivity index (χ4n) is 1.64. The number of hydrogen-bond donors (Lipinski definition) is 3. The normalized spacial score (nSPS) is 10.2. The number of amidine groups is 1. The number of nitrogens with two attached hydrogens (primary N) is 1. The maximum Gasteiger partial charge on any atom is 0.142 e. The van der Waals surface area contributed by atoms with E-state index in [1.54, 1.807) is 18.9 Å². The Morgan fingerprint density at radius 2 is 2.11 bits per heavy atom. The number of ether oxygens (including phenoxy) is 1. The van der Waals surface area contributed by atoms with Gasteiger partial charge in [0.2, 0.25) is 0 Å². The molecule has 0 fully saturated rings. The van der Waals surface area contributed by atoms with Crippen molar-refractivity contribution in [2.75, 3.05) is 18.7 Å². The molecule has 0 saturated heterocycles. The second kappa shape index (κ2) is 5.99. The van der Waals surface area contributed by atoms with E-state index in [1.807, 2.05) is 36.6 Å². The summed E-state index contributed by atoms with van der Waals surface area (Å²) in [7, 11) is 1.64. The third kappa shape index (κ3) is 3.02. The molecule has 4 nitrogen and oxygen atoms in total. The Morgan fingerprint density at radius 1 is 1.37 bits per heavy atom. The van der Waals surface area contributed by atoms with Gasteiger partial charge in [-0.15, -0.1) is 23.1 Å². The lowest BCUT2D eigenvalue weighted by Gasteiger charge is -2.10. The molecule has 100 valence electrons. The molecular weight excluding hydrogens is 278 g/mol. The van der Waals surface area contributed by atoms with Crippen molar-refractivity contribution in [3.8, 4) is 5.75 Å². The van der Waals surface area contributed by atoms with Crippen LogP contribution in [0.4, 0.5) is 11.4 Å². The van der Waals surface area contributed by atoms with Crippen molar-refractivity contribution < 1.29 is 4.74 Å². The van der Waals surface area contributed by atoms with Gasteiger partial charge >= 0.3 is 0 Å². The first-order valence-electron chi connectivity index (χ1n) is 5.58. The number of methoxy groups -OCH3 is 1. The number of rotatable bonds is 5. The lowest BCUT2D eigenvalue weighted by atomic mass is 10.3. The van der Waals surface area contributed by atoms with E-state index in [1.165, 1.54) is 11.3 Å². The van der Waals surface area contributed by atoms with Crippen LogP contribution < -0.4 is 15.8 Å².